The first-order valence-electron chi connectivity index (χ1n) is 5.85. The third-order valence-electron chi connectivity index (χ3n) is 2.84. The van der Waals surface area contributed by atoms with Crippen molar-refractivity contribution in [2.45, 2.75) is 0 Å². The third kappa shape index (κ3) is 2.55. The summed E-state index contributed by atoms with van der Waals surface area (Å²) in [5, 5.41) is 12.0. The number of nitrogens with two attached hydrogens (primary N) is 1. The lowest BCUT2D eigenvalue weighted by atomic mass is 10.2. The molecule has 0 unspecified atom stereocenters. The Morgan fingerprint density at radius 3 is 2.71 bits per heavy atom. The first-order valence-corrected chi connectivity index (χ1v) is 6.61. The van der Waals surface area contributed by atoms with Crippen LogP contribution in [0.3, 0.4) is 0 Å². The highest BCUT2D eigenvalue weighted by atomic mass is 35.5. The highest BCUT2D eigenvalue weighted by Gasteiger charge is 2.17. The molecule has 0 atom stereocenters. The highest BCUT2D eigenvalue weighted by molar-refractivity contribution is 6.33. The van der Waals surface area contributed by atoms with Crippen molar-refractivity contribution in [1.82, 2.24) is 20.2 Å². The van der Waals surface area contributed by atoms with Crippen molar-refractivity contribution >= 4 is 28.9 Å². The number of benzene rings is 2. The predicted octanol–water partition coefficient (Wildman–Crippen LogP) is 3.36. The molecule has 0 spiro atoms. The SMILES string of the molecule is Nc1ccc(Cl)c(-c2nnnn2-c2cc(Cl)ccc2F)c1. The quantitative estimate of drug-likeness (QED) is 0.734. The minimum Gasteiger partial charge on any atom is -0.399 e. The number of tetrazole rings is 1. The van der Waals surface area contributed by atoms with Crippen LogP contribution in [0.4, 0.5) is 10.1 Å². The van der Waals surface area contributed by atoms with Crippen molar-refractivity contribution < 1.29 is 4.39 Å². The molecular formula is C13H8Cl2FN5. The number of halogens is 3. The van der Waals surface area contributed by atoms with Crippen LogP contribution in [0.25, 0.3) is 17.1 Å². The lowest BCUT2D eigenvalue weighted by Gasteiger charge is -2.08. The first-order chi connectivity index (χ1) is 10.1. The van der Waals surface area contributed by atoms with Gasteiger partial charge in [-0.25, -0.2) is 4.39 Å². The van der Waals surface area contributed by atoms with Gasteiger partial charge in [0.25, 0.3) is 0 Å². The molecule has 0 aliphatic rings. The van der Waals surface area contributed by atoms with Gasteiger partial charge >= 0.3 is 0 Å². The molecule has 0 saturated heterocycles. The monoisotopic (exact) mass is 323 g/mol. The maximum Gasteiger partial charge on any atom is 0.188 e. The summed E-state index contributed by atoms with van der Waals surface area (Å²) in [5.41, 5.74) is 6.87. The first kappa shape index (κ1) is 13.8. The largest absolute Gasteiger partial charge is 0.399 e. The number of nitrogen functional groups attached to an aromatic ring is 1. The van der Waals surface area contributed by atoms with Crippen LogP contribution >= 0.6 is 23.2 Å². The molecule has 2 aromatic carbocycles. The van der Waals surface area contributed by atoms with Gasteiger partial charge in [0.05, 0.1) is 5.02 Å². The highest BCUT2D eigenvalue weighted by Crippen LogP contribution is 2.30. The Morgan fingerprint density at radius 2 is 1.90 bits per heavy atom. The van der Waals surface area contributed by atoms with Crippen LogP contribution in [0.5, 0.6) is 0 Å². The maximum atomic E-state index is 14.0. The number of anilines is 1. The topological polar surface area (TPSA) is 69.6 Å². The van der Waals surface area contributed by atoms with Gasteiger partial charge in [-0.15, -0.1) is 5.10 Å². The molecule has 3 aromatic rings. The van der Waals surface area contributed by atoms with Gasteiger partial charge in [0.1, 0.15) is 11.5 Å². The second kappa shape index (κ2) is 5.31. The summed E-state index contributed by atoms with van der Waals surface area (Å²) in [7, 11) is 0. The predicted molar refractivity (Wildman–Crippen MR) is 79.0 cm³/mol. The molecule has 0 amide bonds. The molecule has 1 aromatic heterocycles. The maximum absolute atomic E-state index is 14.0. The number of nitrogens with zero attached hydrogens (tertiary/aromatic N) is 4. The fourth-order valence-corrected chi connectivity index (χ4v) is 2.25. The Bertz CT molecular complexity index is 752. The summed E-state index contributed by atoms with van der Waals surface area (Å²) in [4.78, 5) is 0. The van der Waals surface area contributed by atoms with E-state index in [2.05, 4.69) is 15.5 Å². The fraction of sp³-hybridized carbons (Fsp3) is 0. The van der Waals surface area contributed by atoms with E-state index in [0.717, 1.165) is 0 Å². The van der Waals surface area contributed by atoms with Gasteiger partial charge < -0.3 is 5.73 Å². The van der Waals surface area contributed by atoms with E-state index in [1.54, 1.807) is 18.2 Å². The molecule has 0 aliphatic heterocycles. The van der Waals surface area contributed by atoms with Gasteiger partial charge in [0, 0.05) is 16.3 Å². The van der Waals surface area contributed by atoms with Crippen LogP contribution in [0.2, 0.25) is 10.0 Å². The lowest BCUT2D eigenvalue weighted by Crippen LogP contribution is -2.03. The summed E-state index contributed by atoms with van der Waals surface area (Å²) < 4.78 is 15.2. The molecule has 0 fully saturated rings. The van der Waals surface area contributed by atoms with E-state index in [4.69, 9.17) is 28.9 Å². The Kier molecular flexibility index (Phi) is 3.48. The number of rotatable bonds is 2. The Morgan fingerprint density at radius 1 is 1.10 bits per heavy atom. The van der Waals surface area contributed by atoms with E-state index < -0.39 is 5.82 Å². The molecule has 1 heterocycles. The Labute approximate surface area is 129 Å². The van der Waals surface area contributed by atoms with Crippen LogP contribution in [-0.4, -0.2) is 20.2 Å². The molecule has 5 nitrogen and oxygen atoms in total. The minimum atomic E-state index is -0.507. The third-order valence-corrected chi connectivity index (χ3v) is 3.40. The smallest absolute Gasteiger partial charge is 0.188 e. The molecule has 21 heavy (non-hydrogen) atoms. The molecule has 0 bridgehead atoms. The number of hydrogen-bond donors (Lipinski definition) is 1. The standard InChI is InChI=1S/C13H8Cl2FN5/c14-7-1-4-11(16)12(5-7)21-13(18-19-20-21)9-6-8(17)2-3-10(9)15/h1-6H,17H2. The van der Waals surface area contributed by atoms with Crippen molar-refractivity contribution in [2.75, 3.05) is 5.73 Å². The second-order valence-corrected chi connectivity index (χ2v) is 5.09. The molecule has 2 N–H and O–H groups in total. The zero-order valence-electron chi connectivity index (χ0n) is 10.5. The average Bonchev–Trinajstić information content (AvgIpc) is 2.93. The van der Waals surface area contributed by atoms with Gasteiger partial charge in [0.2, 0.25) is 0 Å². The van der Waals surface area contributed by atoms with Crippen LogP contribution in [0.1, 0.15) is 0 Å². The van der Waals surface area contributed by atoms with Crippen molar-refractivity contribution in [3.05, 3.63) is 52.3 Å². The Hall–Kier alpha value is -2.18. The van der Waals surface area contributed by atoms with Crippen LogP contribution in [0, 0.1) is 5.82 Å². The summed E-state index contributed by atoms with van der Waals surface area (Å²) in [6.07, 6.45) is 0. The molecule has 0 aliphatic carbocycles. The van der Waals surface area contributed by atoms with Gasteiger partial charge in [-0.3, -0.25) is 0 Å². The van der Waals surface area contributed by atoms with Crippen LogP contribution in [-0.2, 0) is 0 Å². The molecule has 0 saturated carbocycles. The number of hydrogen-bond acceptors (Lipinski definition) is 4. The Balaban J connectivity index is 2.22. The van der Waals surface area contributed by atoms with Gasteiger partial charge in [0.15, 0.2) is 5.82 Å². The fourth-order valence-electron chi connectivity index (χ4n) is 1.88. The molecule has 106 valence electrons. The summed E-state index contributed by atoms with van der Waals surface area (Å²) in [5.74, 6) is -0.235. The van der Waals surface area contributed by atoms with Crippen LogP contribution in [0.15, 0.2) is 36.4 Å². The molecule has 8 heteroatoms. The van der Waals surface area contributed by atoms with E-state index >= 15 is 0 Å². The summed E-state index contributed by atoms with van der Waals surface area (Å²) in [6.45, 7) is 0. The van der Waals surface area contributed by atoms with Gasteiger partial charge in [-0.2, -0.15) is 4.68 Å². The lowest BCUT2D eigenvalue weighted by molar-refractivity contribution is 0.608. The van der Waals surface area contributed by atoms with E-state index in [1.165, 1.54) is 22.9 Å². The average molecular weight is 324 g/mol. The normalized spacial score (nSPS) is 10.8. The van der Waals surface area contributed by atoms with E-state index in [9.17, 15) is 4.39 Å². The van der Waals surface area contributed by atoms with Crippen molar-refractivity contribution in [3.8, 4) is 17.1 Å². The zero-order chi connectivity index (χ0) is 15.0. The van der Waals surface area contributed by atoms with E-state index in [1.807, 2.05) is 0 Å². The van der Waals surface area contributed by atoms with Gasteiger partial charge in [-0.1, -0.05) is 23.2 Å². The molecule has 0 radical (unpaired) electrons. The van der Waals surface area contributed by atoms with E-state index in [-0.39, 0.29) is 11.5 Å². The second-order valence-electron chi connectivity index (χ2n) is 4.25. The van der Waals surface area contributed by atoms with Crippen LogP contribution < -0.4 is 5.73 Å². The zero-order valence-corrected chi connectivity index (χ0v) is 12.0. The molecular weight excluding hydrogens is 316 g/mol. The summed E-state index contributed by atoms with van der Waals surface area (Å²) >= 11 is 12.0. The number of aromatic nitrogens is 4. The van der Waals surface area contributed by atoms with Crippen molar-refractivity contribution in [1.29, 1.82) is 0 Å². The van der Waals surface area contributed by atoms with Crippen molar-refractivity contribution in [2.24, 2.45) is 0 Å². The van der Waals surface area contributed by atoms with Gasteiger partial charge in [-0.05, 0) is 46.8 Å². The summed E-state index contributed by atoms with van der Waals surface area (Å²) in [6, 6.07) is 9.01. The molecule has 3 rings (SSSR count). The van der Waals surface area contributed by atoms with Crippen molar-refractivity contribution in [3.63, 3.8) is 0 Å². The minimum absolute atomic E-state index is 0.126. The van der Waals surface area contributed by atoms with E-state index in [0.29, 0.717) is 21.3 Å².